The first kappa shape index (κ1) is 12.5. The third-order valence-electron chi connectivity index (χ3n) is 3.35. The Balaban J connectivity index is 2.65. The summed E-state index contributed by atoms with van der Waals surface area (Å²) in [6, 6.07) is 0.334. The van der Waals surface area contributed by atoms with Crippen LogP contribution in [0.4, 0.5) is 0 Å². The maximum atomic E-state index is 5.40. The molecule has 0 bridgehead atoms. The van der Waals surface area contributed by atoms with Crippen molar-refractivity contribution < 1.29 is 4.74 Å². The van der Waals surface area contributed by atoms with E-state index >= 15 is 0 Å². The Morgan fingerprint density at radius 2 is 2.07 bits per heavy atom. The molecule has 1 N–H and O–H groups in total. The van der Waals surface area contributed by atoms with Crippen molar-refractivity contribution >= 4 is 0 Å². The molecule has 0 aliphatic carbocycles. The zero-order valence-corrected chi connectivity index (χ0v) is 10.0. The van der Waals surface area contributed by atoms with Crippen molar-refractivity contribution in [2.45, 2.75) is 31.8 Å². The Morgan fingerprint density at radius 1 is 1.47 bits per heavy atom. The molecule has 0 aromatic heterocycles. The Bertz CT molecular complexity index is 226. The van der Waals surface area contributed by atoms with Crippen LogP contribution in [0.5, 0.6) is 0 Å². The van der Waals surface area contributed by atoms with Crippen LogP contribution >= 0.6 is 0 Å². The average Bonchev–Trinajstić information content (AvgIpc) is 2.27. The number of hydrogen-bond donors (Lipinski definition) is 1. The fraction of sp³-hybridized carbons (Fsp3) is 0.833. The molecule has 0 saturated carbocycles. The highest BCUT2D eigenvalue weighted by molar-refractivity contribution is 5.00. The highest BCUT2D eigenvalue weighted by atomic mass is 16.5. The van der Waals surface area contributed by atoms with Crippen molar-refractivity contribution in [2.24, 2.45) is 0 Å². The molecular formula is C12H22N2O. The molecule has 1 saturated heterocycles. The van der Waals surface area contributed by atoms with Crippen molar-refractivity contribution in [3.8, 4) is 12.3 Å². The Hall–Kier alpha value is -0.560. The number of morpholine rings is 1. The molecule has 15 heavy (non-hydrogen) atoms. The van der Waals surface area contributed by atoms with Gasteiger partial charge in [-0.15, -0.1) is 12.3 Å². The number of rotatable bonds is 4. The predicted molar refractivity (Wildman–Crippen MR) is 62.8 cm³/mol. The van der Waals surface area contributed by atoms with E-state index in [4.69, 9.17) is 11.2 Å². The van der Waals surface area contributed by atoms with Crippen molar-refractivity contribution in [1.29, 1.82) is 0 Å². The first-order chi connectivity index (χ1) is 7.12. The molecular weight excluding hydrogens is 188 g/mol. The van der Waals surface area contributed by atoms with Crippen LogP contribution in [0.2, 0.25) is 0 Å². The quantitative estimate of drug-likeness (QED) is 0.692. The lowest BCUT2D eigenvalue weighted by Crippen LogP contribution is -2.59. The van der Waals surface area contributed by atoms with Crippen LogP contribution in [0.3, 0.4) is 0 Å². The molecule has 1 rings (SSSR count). The number of hydrogen-bond acceptors (Lipinski definition) is 3. The molecule has 3 nitrogen and oxygen atoms in total. The van der Waals surface area contributed by atoms with Crippen LogP contribution in [-0.2, 0) is 4.74 Å². The second-order valence-electron chi connectivity index (χ2n) is 4.50. The summed E-state index contributed by atoms with van der Waals surface area (Å²) in [5, 5.41) is 3.32. The van der Waals surface area contributed by atoms with Crippen LogP contribution in [-0.4, -0.2) is 49.8 Å². The normalized spacial score (nSPS) is 20.9. The third-order valence-corrected chi connectivity index (χ3v) is 3.35. The maximum Gasteiger partial charge on any atom is 0.0594 e. The van der Waals surface area contributed by atoms with Crippen molar-refractivity contribution in [2.75, 3.05) is 33.4 Å². The monoisotopic (exact) mass is 210 g/mol. The molecule has 0 aromatic carbocycles. The predicted octanol–water partition coefficient (Wildman–Crippen LogP) is 0.709. The van der Waals surface area contributed by atoms with Gasteiger partial charge in [-0.25, -0.2) is 0 Å². The van der Waals surface area contributed by atoms with Gasteiger partial charge >= 0.3 is 0 Å². The van der Waals surface area contributed by atoms with Gasteiger partial charge in [0.1, 0.15) is 0 Å². The lowest BCUT2D eigenvalue weighted by Gasteiger charge is -2.45. The van der Waals surface area contributed by atoms with E-state index in [2.05, 4.69) is 30.0 Å². The number of nitrogens with one attached hydrogen (secondary N) is 1. The Labute approximate surface area is 93.2 Å². The molecule has 0 aromatic rings. The summed E-state index contributed by atoms with van der Waals surface area (Å²) in [5.41, 5.74) is 0.0882. The zero-order valence-electron chi connectivity index (χ0n) is 10.0. The average molecular weight is 210 g/mol. The smallest absolute Gasteiger partial charge is 0.0594 e. The van der Waals surface area contributed by atoms with Crippen molar-refractivity contribution in [3.63, 3.8) is 0 Å². The van der Waals surface area contributed by atoms with E-state index in [1.807, 2.05) is 7.05 Å². The lowest BCUT2D eigenvalue weighted by molar-refractivity contribution is -0.0218. The standard InChI is InChI=1S/C12H22N2O/c1-5-6-11(13-4)12(2,3)14-7-9-15-10-8-14/h1,11,13H,6-10H2,2-4H3. The van der Waals surface area contributed by atoms with Crippen molar-refractivity contribution in [3.05, 3.63) is 0 Å². The molecule has 1 heterocycles. The largest absolute Gasteiger partial charge is 0.379 e. The van der Waals surface area contributed by atoms with E-state index in [1.165, 1.54) is 0 Å². The minimum Gasteiger partial charge on any atom is -0.379 e. The van der Waals surface area contributed by atoms with Gasteiger partial charge in [0.2, 0.25) is 0 Å². The van der Waals surface area contributed by atoms with E-state index in [9.17, 15) is 0 Å². The summed E-state index contributed by atoms with van der Waals surface area (Å²) in [5.74, 6) is 2.74. The van der Waals surface area contributed by atoms with Crippen LogP contribution in [0.15, 0.2) is 0 Å². The molecule has 1 unspecified atom stereocenters. The van der Waals surface area contributed by atoms with Gasteiger partial charge in [-0.2, -0.15) is 0 Å². The van der Waals surface area contributed by atoms with Crippen LogP contribution in [0.25, 0.3) is 0 Å². The summed E-state index contributed by atoms with van der Waals surface area (Å²) >= 11 is 0. The topological polar surface area (TPSA) is 24.5 Å². The van der Waals surface area contributed by atoms with E-state index in [1.54, 1.807) is 0 Å². The molecule has 0 amide bonds. The Morgan fingerprint density at radius 3 is 2.53 bits per heavy atom. The minimum absolute atomic E-state index is 0.0882. The fourth-order valence-corrected chi connectivity index (χ4v) is 2.18. The van der Waals surface area contributed by atoms with Gasteiger partial charge in [0.05, 0.1) is 13.2 Å². The molecule has 1 aliphatic heterocycles. The summed E-state index contributed by atoms with van der Waals surface area (Å²) < 4.78 is 5.37. The van der Waals surface area contributed by atoms with E-state index in [0.717, 1.165) is 32.7 Å². The summed E-state index contributed by atoms with van der Waals surface area (Å²) in [7, 11) is 1.98. The molecule has 1 aliphatic rings. The lowest BCUT2D eigenvalue weighted by atomic mass is 9.90. The number of terminal acetylenes is 1. The van der Waals surface area contributed by atoms with Crippen LogP contribution in [0.1, 0.15) is 20.3 Å². The SMILES string of the molecule is C#CCC(NC)C(C)(C)N1CCOCC1. The highest BCUT2D eigenvalue weighted by Gasteiger charge is 2.34. The number of nitrogens with zero attached hydrogens (tertiary/aromatic N) is 1. The van der Waals surface area contributed by atoms with Crippen LogP contribution < -0.4 is 5.32 Å². The van der Waals surface area contributed by atoms with Gasteiger partial charge in [0.15, 0.2) is 0 Å². The van der Waals surface area contributed by atoms with Crippen LogP contribution in [0, 0.1) is 12.3 Å². The van der Waals surface area contributed by atoms with Gasteiger partial charge in [0, 0.05) is 31.1 Å². The van der Waals surface area contributed by atoms with Gasteiger partial charge in [-0.05, 0) is 20.9 Å². The second kappa shape index (κ2) is 5.50. The van der Waals surface area contributed by atoms with E-state index < -0.39 is 0 Å². The fourth-order valence-electron chi connectivity index (χ4n) is 2.18. The highest BCUT2D eigenvalue weighted by Crippen LogP contribution is 2.22. The summed E-state index contributed by atoms with van der Waals surface area (Å²) in [4.78, 5) is 2.45. The first-order valence-electron chi connectivity index (χ1n) is 5.56. The van der Waals surface area contributed by atoms with Gasteiger partial charge < -0.3 is 10.1 Å². The van der Waals surface area contributed by atoms with Gasteiger partial charge in [0.25, 0.3) is 0 Å². The molecule has 3 heteroatoms. The van der Waals surface area contributed by atoms with E-state index in [-0.39, 0.29) is 5.54 Å². The molecule has 86 valence electrons. The van der Waals surface area contributed by atoms with Crippen molar-refractivity contribution in [1.82, 2.24) is 10.2 Å². The zero-order chi connectivity index (χ0) is 11.3. The minimum atomic E-state index is 0.0882. The number of likely N-dealkylation sites (N-methyl/N-ethyl adjacent to an activating group) is 1. The summed E-state index contributed by atoms with van der Waals surface area (Å²) in [6.07, 6.45) is 6.16. The maximum absolute atomic E-state index is 5.40. The second-order valence-corrected chi connectivity index (χ2v) is 4.50. The molecule has 1 fully saturated rings. The molecule has 0 radical (unpaired) electrons. The third kappa shape index (κ3) is 2.94. The summed E-state index contributed by atoms with van der Waals surface area (Å²) in [6.45, 7) is 8.14. The van der Waals surface area contributed by atoms with Gasteiger partial charge in [-0.1, -0.05) is 0 Å². The molecule has 0 spiro atoms. The molecule has 1 atom stereocenters. The number of ether oxygens (including phenoxy) is 1. The van der Waals surface area contributed by atoms with E-state index in [0.29, 0.717) is 6.04 Å². The van der Waals surface area contributed by atoms with Gasteiger partial charge in [-0.3, -0.25) is 4.90 Å². The Kier molecular flexibility index (Phi) is 4.59. The first-order valence-corrected chi connectivity index (χ1v) is 5.56.